The van der Waals surface area contributed by atoms with Crippen LogP contribution in [0.2, 0.25) is 15.1 Å². The van der Waals surface area contributed by atoms with Crippen LogP contribution in [-0.4, -0.2) is 33.3 Å². The number of hydrogen-bond acceptors (Lipinski definition) is 5. The minimum atomic E-state index is -3.96. The molecule has 0 aliphatic heterocycles. The predicted molar refractivity (Wildman–Crippen MR) is 113 cm³/mol. The van der Waals surface area contributed by atoms with E-state index in [0.29, 0.717) is 10.6 Å². The highest BCUT2D eigenvalue weighted by atomic mass is 35.5. The summed E-state index contributed by atoms with van der Waals surface area (Å²) in [7, 11) is -3.96. The summed E-state index contributed by atoms with van der Waals surface area (Å²) in [6.45, 7) is 3.32. The standard InChI is InChI=1S/C19H18Cl3NO5S/c1-11(2)9-23-29(26,27)18-7-14(15(21)8-16(18)22)19(25)28-10-17(24)12-3-5-13(20)6-4-12/h3-8,11,23H,9-10H2,1-2H3. The maximum atomic E-state index is 12.5. The van der Waals surface area contributed by atoms with Gasteiger partial charge in [0.2, 0.25) is 10.0 Å². The summed E-state index contributed by atoms with van der Waals surface area (Å²) < 4.78 is 32.3. The molecule has 0 fully saturated rings. The van der Waals surface area contributed by atoms with Crippen molar-refractivity contribution < 1.29 is 22.7 Å². The van der Waals surface area contributed by atoms with E-state index in [9.17, 15) is 18.0 Å². The third-order valence-corrected chi connectivity index (χ3v) is 6.17. The zero-order valence-electron chi connectivity index (χ0n) is 15.5. The van der Waals surface area contributed by atoms with E-state index >= 15 is 0 Å². The number of carbonyl (C=O) groups excluding carboxylic acids is 2. The Morgan fingerprint density at radius 1 is 1.03 bits per heavy atom. The minimum Gasteiger partial charge on any atom is -0.454 e. The lowest BCUT2D eigenvalue weighted by Crippen LogP contribution is -2.28. The molecular weight excluding hydrogens is 461 g/mol. The van der Waals surface area contributed by atoms with Crippen molar-refractivity contribution in [3.8, 4) is 0 Å². The van der Waals surface area contributed by atoms with Gasteiger partial charge in [-0.2, -0.15) is 0 Å². The van der Waals surface area contributed by atoms with Gasteiger partial charge in [-0.05, 0) is 42.3 Å². The normalized spacial score (nSPS) is 11.5. The van der Waals surface area contributed by atoms with Crippen molar-refractivity contribution in [2.45, 2.75) is 18.7 Å². The topological polar surface area (TPSA) is 89.5 Å². The largest absolute Gasteiger partial charge is 0.454 e. The van der Waals surface area contributed by atoms with Gasteiger partial charge in [-0.25, -0.2) is 17.9 Å². The van der Waals surface area contributed by atoms with Crippen LogP contribution in [-0.2, 0) is 14.8 Å². The molecule has 0 heterocycles. The first kappa shape index (κ1) is 23.6. The second-order valence-electron chi connectivity index (χ2n) is 6.51. The third kappa shape index (κ3) is 6.42. The quantitative estimate of drug-likeness (QED) is 0.442. The van der Waals surface area contributed by atoms with Gasteiger partial charge in [0.25, 0.3) is 0 Å². The Hall–Kier alpha value is -1.64. The smallest absolute Gasteiger partial charge is 0.340 e. The summed E-state index contributed by atoms with van der Waals surface area (Å²) in [5.41, 5.74) is 0.0930. The van der Waals surface area contributed by atoms with Gasteiger partial charge >= 0.3 is 5.97 Å². The number of esters is 1. The predicted octanol–water partition coefficient (Wildman–Crippen LogP) is 4.62. The molecule has 2 rings (SSSR count). The molecule has 0 saturated heterocycles. The molecule has 0 aromatic heterocycles. The van der Waals surface area contributed by atoms with E-state index in [1.165, 1.54) is 24.3 Å². The summed E-state index contributed by atoms with van der Waals surface area (Å²) in [4.78, 5) is 24.2. The second-order valence-corrected chi connectivity index (χ2v) is 9.50. The number of rotatable bonds is 8. The minimum absolute atomic E-state index is 0.0687. The van der Waals surface area contributed by atoms with Gasteiger partial charge in [-0.1, -0.05) is 48.7 Å². The highest BCUT2D eigenvalue weighted by Gasteiger charge is 2.24. The third-order valence-electron chi connectivity index (χ3n) is 3.71. The summed E-state index contributed by atoms with van der Waals surface area (Å²) in [5.74, 6) is -1.33. The lowest BCUT2D eigenvalue weighted by atomic mass is 10.1. The molecule has 0 unspecified atom stereocenters. The van der Waals surface area contributed by atoms with Gasteiger partial charge < -0.3 is 4.74 Å². The van der Waals surface area contributed by atoms with Crippen LogP contribution in [0.25, 0.3) is 0 Å². The molecular formula is C19H18Cl3NO5S. The molecule has 1 N–H and O–H groups in total. The van der Waals surface area contributed by atoms with Crippen LogP contribution in [0.1, 0.15) is 34.6 Å². The van der Waals surface area contributed by atoms with E-state index in [4.69, 9.17) is 39.5 Å². The number of ketones is 1. The number of hydrogen-bond donors (Lipinski definition) is 1. The van der Waals surface area contributed by atoms with Crippen molar-refractivity contribution in [3.63, 3.8) is 0 Å². The summed E-state index contributed by atoms with van der Waals surface area (Å²) >= 11 is 17.8. The zero-order chi connectivity index (χ0) is 21.8. The van der Waals surface area contributed by atoms with Crippen molar-refractivity contribution in [1.82, 2.24) is 4.72 Å². The van der Waals surface area contributed by atoms with Crippen LogP contribution in [0.4, 0.5) is 0 Å². The van der Waals surface area contributed by atoms with E-state index in [-0.39, 0.29) is 33.0 Å². The molecule has 2 aromatic carbocycles. The van der Waals surface area contributed by atoms with E-state index in [1.807, 2.05) is 13.8 Å². The maximum Gasteiger partial charge on any atom is 0.340 e. The molecule has 2 aromatic rings. The Balaban J connectivity index is 2.19. The number of nitrogens with one attached hydrogen (secondary N) is 1. The molecule has 0 saturated carbocycles. The summed E-state index contributed by atoms with van der Waals surface area (Å²) in [6, 6.07) is 8.24. The fourth-order valence-electron chi connectivity index (χ4n) is 2.17. The number of sulfonamides is 1. The molecule has 0 atom stereocenters. The molecule has 0 bridgehead atoms. The van der Waals surface area contributed by atoms with Crippen molar-refractivity contribution >= 4 is 56.6 Å². The van der Waals surface area contributed by atoms with Gasteiger partial charge in [0.15, 0.2) is 12.4 Å². The van der Waals surface area contributed by atoms with Crippen molar-refractivity contribution in [2.75, 3.05) is 13.2 Å². The molecule has 0 aliphatic carbocycles. The first-order chi connectivity index (χ1) is 13.5. The van der Waals surface area contributed by atoms with Gasteiger partial charge in [0.05, 0.1) is 15.6 Å². The Labute approximate surface area is 184 Å². The Morgan fingerprint density at radius 2 is 1.66 bits per heavy atom. The van der Waals surface area contributed by atoms with Gasteiger partial charge in [0, 0.05) is 17.1 Å². The molecule has 29 heavy (non-hydrogen) atoms. The zero-order valence-corrected chi connectivity index (χ0v) is 18.6. The average molecular weight is 479 g/mol. The molecule has 0 radical (unpaired) electrons. The lowest BCUT2D eigenvalue weighted by molar-refractivity contribution is 0.0474. The van der Waals surface area contributed by atoms with Crippen LogP contribution in [0, 0.1) is 5.92 Å². The van der Waals surface area contributed by atoms with Crippen LogP contribution in [0.15, 0.2) is 41.3 Å². The first-order valence-corrected chi connectivity index (χ1v) is 11.1. The fraction of sp³-hybridized carbons (Fsp3) is 0.263. The van der Waals surface area contributed by atoms with Crippen LogP contribution in [0.3, 0.4) is 0 Å². The highest BCUT2D eigenvalue weighted by molar-refractivity contribution is 7.89. The van der Waals surface area contributed by atoms with Crippen molar-refractivity contribution in [2.24, 2.45) is 5.92 Å². The molecule has 0 amide bonds. The van der Waals surface area contributed by atoms with E-state index in [2.05, 4.69) is 4.72 Å². The number of Topliss-reactive ketones (excluding diaryl/α,β-unsaturated/α-hetero) is 1. The number of benzene rings is 2. The SMILES string of the molecule is CC(C)CNS(=O)(=O)c1cc(C(=O)OCC(=O)c2ccc(Cl)cc2)c(Cl)cc1Cl. The molecule has 10 heteroatoms. The number of ether oxygens (including phenoxy) is 1. The monoisotopic (exact) mass is 477 g/mol. The Kier molecular flexibility index (Phi) is 8.08. The number of halogens is 3. The molecule has 0 aliphatic rings. The number of carbonyl (C=O) groups is 2. The second kappa shape index (κ2) is 9.91. The molecule has 156 valence electrons. The van der Waals surface area contributed by atoms with Gasteiger partial charge in [-0.15, -0.1) is 0 Å². The highest BCUT2D eigenvalue weighted by Crippen LogP contribution is 2.29. The summed E-state index contributed by atoms with van der Waals surface area (Å²) in [6.07, 6.45) is 0. The molecule has 6 nitrogen and oxygen atoms in total. The lowest BCUT2D eigenvalue weighted by Gasteiger charge is -2.12. The fourth-order valence-corrected chi connectivity index (χ4v) is 4.36. The van der Waals surface area contributed by atoms with E-state index < -0.39 is 28.4 Å². The average Bonchev–Trinajstić information content (AvgIpc) is 2.64. The Bertz CT molecular complexity index is 1020. The van der Waals surface area contributed by atoms with Crippen LogP contribution in [0.5, 0.6) is 0 Å². The Morgan fingerprint density at radius 3 is 2.24 bits per heavy atom. The first-order valence-electron chi connectivity index (χ1n) is 8.46. The summed E-state index contributed by atoms with van der Waals surface area (Å²) in [5, 5.41) is 0.230. The van der Waals surface area contributed by atoms with Crippen LogP contribution < -0.4 is 4.72 Å². The molecule has 0 spiro atoms. The van der Waals surface area contributed by atoms with Gasteiger partial charge in [-0.3, -0.25) is 4.79 Å². The van der Waals surface area contributed by atoms with Crippen molar-refractivity contribution in [1.29, 1.82) is 0 Å². The van der Waals surface area contributed by atoms with E-state index in [1.54, 1.807) is 0 Å². The maximum absolute atomic E-state index is 12.5. The van der Waals surface area contributed by atoms with Gasteiger partial charge in [0.1, 0.15) is 4.90 Å². The van der Waals surface area contributed by atoms with Crippen LogP contribution >= 0.6 is 34.8 Å². The van der Waals surface area contributed by atoms with E-state index in [0.717, 1.165) is 12.1 Å². The van der Waals surface area contributed by atoms with Crippen molar-refractivity contribution in [3.05, 3.63) is 62.6 Å².